The Kier molecular flexibility index (Phi) is 107. The molecule has 0 aromatic rings. The molecule has 0 spiro atoms. The van der Waals surface area contributed by atoms with Gasteiger partial charge in [0.1, 0.15) is 51.1 Å². The van der Waals surface area contributed by atoms with E-state index in [1.807, 2.05) is 14.1 Å². The number of amides is 3. The number of esters is 6. The Morgan fingerprint density at radius 3 is 0.500 bits per heavy atom. The Labute approximate surface area is 876 Å². The number of carbonyl (C=O) groups is 9. The van der Waals surface area contributed by atoms with Crippen LogP contribution in [0.3, 0.4) is 0 Å². The number of sulfone groups is 2. The summed E-state index contributed by atoms with van der Waals surface area (Å²) in [6, 6.07) is 0. The third kappa shape index (κ3) is 108. The Morgan fingerprint density at radius 1 is 0.197 bits per heavy atom. The van der Waals surface area contributed by atoms with Gasteiger partial charge in [0.15, 0.2) is 19.7 Å². The molecule has 840 valence electrons. The number of ether oxygens (including phenoxy) is 6. The standard InChI is InChI=1S/2C38H74N2O7S.C38H74N2O5S/c2*1-5-7-9-11-13-15-17-19-21-23-25-27-37(42)46-32-29-40(36(41)35-48(44,45)34-31-39(3)4)30-33-47-38(43)28-26-24-22-20-18-16-14-12-10-8-6-2;1-5-7-9-11-13-15-17-19-21-23-25-27-37(42)44-32-29-40(36(41)35-46-34-31-39(3)4)30-33-45-38(43)28-26-24-22-20-18-16-14-12-10-8-6-2/h2*5-35H2,1-4H3;5-35H2,1-4H3. The van der Waals surface area contributed by atoms with Gasteiger partial charge < -0.3 is 57.8 Å². The molecule has 0 aliphatic heterocycles. The van der Waals surface area contributed by atoms with Crippen LogP contribution in [0.5, 0.6) is 0 Å². The summed E-state index contributed by atoms with van der Waals surface area (Å²) in [6.45, 7) is 16.1. The van der Waals surface area contributed by atoms with Crippen LogP contribution in [0.1, 0.15) is 504 Å². The molecule has 0 rings (SSSR count). The summed E-state index contributed by atoms with van der Waals surface area (Å²) in [5.41, 5.74) is 0. The number of rotatable bonds is 105. The Hall–Kier alpha value is -4.64. The van der Waals surface area contributed by atoms with Crippen LogP contribution in [0, 0.1) is 0 Å². The Balaban J connectivity index is -0.00000204. The summed E-state index contributed by atoms with van der Waals surface area (Å²) in [4.78, 5) is 123. The second-order valence-corrected chi connectivity index (χ2v) is 46.3. The summed E-state index contributed by atoms with van der Waals surface area (Å²) in [5.74, 6) is -3.04. The first-order valence-electron chi connectivity index (χ1n) is 58.3. The lowest BCUT2D eigenvalue weighted by Gasteiger charge is -2.23. The van der Waals surface area contributed by atoms with Crippen LogP contribution in [-0.4, -0.2) is 275 Å². The van der Waals surface area contributed by atoms with E-state index in [1.165, 1.54) is 331 Å². The van der Waals surface area contributed by atoms with E-state index in [0.29, 0.717) is 70.5 Å². The van der Waals surface area contributed by atoms with Gasteiger partial charge in [0.2, 0.25) is 17.7 Å². The number of hydrogen-bond acceptors (Lipinski definition) is 23. The molecule has 0 saturated heterocycles. The minimum atomic E-state index is -3.61. The molecule has 28 heteroatoms. The van der Waals surface area contributed by atoms with E-state index in [1.54, 1.807) is 54.7 Å². The molecule has 0 radical (unpaired) electrons. The van der Waals surface area contributed by atoms with Gasteiger partial charge in [-0.25, -0.2) is 16.8 Å². The Morgan fingerprint density at radius 2 is 0.345 bits per heavy atom. The van der Waals surface area contributed by atoms with Crippen molar-refractivity contribution in [1.29, 1.82) is 0 Å². The predicted octanol–water partition coefficient (Wildman–Crippen LogP) is 26.2. The molecule has 0 fully saturated rings. The van der Waals surface area contributed by atoms with Crippen molar-refractivity contribution in [2.45, 2.75) is 504 Å². The van der Waals surface area contributed by atoms with E-state index in [-0.39, 0.29) is 119 Å². The molecule has 0 aliphatic carbocycles. The van der Waals surface area contributed by atoms with E-state index in [0.717, 1.165) is 115 Å². The number of thioether (sulfide) groups is 1. The molecule has 0 atom stereocenters. The van der Waals surface area contributed by atoms with E-state index >= 15 is 0 Å². The molecule has 0 unspecified atom stereocenters. The lowest BCUT2D eigenvalue weighted by molar-refractivity contribution is -0.148. The lowest BCUT2D eigenvalue weighted by Crippen LogP contribution is -2.41. The van der Waals surface area contributed by atoms with E-state index in [9.17, 15) is 60.0 Å². The molecular weight excluding hydrogens is 1850 g/mol. The summed E-state index contributed by atoms with van der Waals surface area (Å²) < 4.78 is 82.6. The van der Waals surface area contributed by atoms with Crippen LogP contribution >= 0.6 is 11.8 Å². The normalized spacial score (nSPS) is 11.5. The van der Waals surface area contributed by atoms with Gasteiger partial charge >= 0.3 is 35.8 Å². The molecule has 0 saturated carbocycles. The monoisotopic (exact) mass is 2080 g/mol. The second-order valence-electron chi connectivity index (χ2n) is 40.8. The molecule has 0 aliphatic rings. The van der Waals surface area contributed by atoms with Gasteiger partial charge in [0.25, 0.3) is 0 Å². The number of unbranched alkanes of at least 4 members (excludes halogenated alkanes) is 60. The minimum Gasteiger partial charge on any atom is -0.464 e. The van der Waals surface area contributed by atoms with Crippen LogP contribution in [0.15, 0.2) is 0 Å². The summed E-state index contributed by atoms with van der Waals surface area (Å²) in [6.07, 6.45) is 82.4. The fourth-order valence-electron chi connectivity index (χ4n) is 16.6. The summed E-state index contributed by atoms with van der Waals surface area (Å²) in [5, 5.41) is 0. The highest BCUT2D eigenvalue weighted by Gasteiger charge is 2.26. The molecule has 0 aromatic heterocycles. The zero-order valence-electron chi connectivity index (χ0n) is 93.9. The fraction of sp³-hybridized carbons (Fsp3) is 0.921. The molecular formula is C114H222N6O19S3. The van der Waals surface area contributed by atoms with Gasteiger partial charge in [0, 0.05) is 63.9 Å². The van der Waals surface area contributed by atoms with Gasteiger partial charge in [-0.05, 0) is 80.8 Å². The highest BCUT2D eigenvalue weighted by atomic mass is 32.2. The first-order valence-corrected chi connectivity index (χ1v) is 63.1. The molecule has 142 heavy (non-hydrogen) atoms. The topological polar surface area (TPSA) is 297 Å². The van der Waals surface area contributed by atoms with Crippen LogP contribution in [0.4, 0.5) is 0 Å². The van der Waals surface area contributed by atoms with Crippen molar-refractivity contribution in [3.63, 3.8) is 0 Å². The number of nitrogens with zero attached hydrogens (tertiary/aromatic N) is 6. The highest BCUT2D eigenvalue weighted by molar-refractivity contribution is 7.99. The summed E-state index contributed by atoms with van der Waals surface area (Å²) in [7, 11) is 3.92. The van der Waals surface area contributed by atoms with E-state index in [4.69, 9.17) is 28.4 Å². The van der Waals surface area contributed by atoms with Gasteiger partial charge in [-0.3, -0.25) is 43.2 Å². The molecule has 0 N–H and O–H groups in total. The van der Waals surface area contributed by atoms with Crippen LogP contribution < -0.4 is 0 Å². The van der Waals surface area contributed by atoms with Crippen LogP contribution in [-0.2, 0) is 91.2 Å². The number of carbonyl (C=O) groups excluding carboxylic acids is 9. The van der Waals surface area contributed by atoms with Crippen molar-refractivity contribution in [3.8, 4) is 0 Å². The first-order chi connectivity index (χ1) is 68.6. The average molecular weight is 2080 g/mol. The van der Waals surface area contributed by atoms with Crippen molar-refractivity contribution in [2.24, 2.45) is 0 Å². The maximum atomic E-state index is 13.0. The highest BCUT2D eigenvalue weighted by Crippen LogP contribution is 2.21. The maximum Gasteiger partial charge on any atom is 0.305 e. The molecule has 0 aromatic carbocycles. The largest absolute Gasteiger partial charge is 0.464 e. The lowest BCUT2D eigenvalue weighted by atomic mass is 10.1. The van der Waals surface area contributed by atoms with Crippen LogP contribution in [0.25, 0.3) is 0 Å². The average Bonchev–Trinajstić information content (AvgIpc) is 0.875. The third-order valence-corrected chi connectivity index (χ3v) is 29.9. The van der Waals surface area contributed by atoms with E-state index < -0.39 is 43.0 Å². The quantitative estimate of drug-likeness (QED) is 0.0310. The minimum absolute atomic E-state index is 0.00780. The van der Waals surface area contributed by atoms with Crippen molar-refractivity contribution in [2.75, 3.05) is 175 Å². The van der Waals surface area contributed by atoms with Crippen molar-refractivity contribution in [1.82, 2.24) is 29.4 Å². The number of hydrogen-bond donors (Lipinski definition) is 0. The molecule has 0 bridgehead atoms. The second kappa shape index (κ2) is 108. The maximum absolute atomic E-state index is 13.0. The van der Waals surface area contributed by atoms with Gasteiger partial charge in [-0.15, -0.1) is 0 Å². The first kappa shape index (κ1) is 141. The van der Waals surface area contributed by atoms with Crippen LogP contribution in [0.2, 0.25) is 0 Å². The van der Waals surface area contributed by atoms with Crippen molar-refractivity contribution in [3.05, 3.63) is 0 Å². The summed E-state index contributed by atoms with van der Waals surface area (Å²) >= 11 is 1.60. The third-order valence-electron chi connectivity index (χ3n) is 26.0. The van der Waals surface area contributed by atoms with Crippen molar-refractivity contribution >= 4 is 85.0 Å². The zero-order chi connectivity index (χ0) is 105. The van der Waals surface area contributed by atoms with Gasteiger partial charge in [0.05, 0.1) is 56.5 Å². The molecule has 25 nitrogen and oxygen atoms in total. The van der Waals surface area contributed by atoms with Gasteiger partial charge in [-0.1, -0.05) is 427 Å². The predicted molar refractivity (Wildman–Crippen MR) is 592 cm³/mol. The van der Waals surface area contributed by atoms with Crippen molar-refractivity contribution < 1.29 is 88.4 Å². The molecule has 0 heterocycles. The zero-order valence-corrected chi connectivity index (χ0v) is 96.4. The Bertz CT molecular complexity index is 2860. The molecule has 3 amide bonds. The van der Waals surface area contributed by atoms with Gasteiger partial charge in [-0.2, -0.15) is 11.8 Å². The van der Waals surface area contributed by atoms with E-state index in [2.05, 4.69) is 46.4 Å². The smallest absolute Gasteiger partial charge is 0.305 e. The SMILES string of the molecule is CCCCCCCCCCCCCC(=O)OCCN(CCOC(=O)CCCCCCCCCCCCC)C(=O)CS(=O)(=O)CCN(C)C.CCCCCCCCCCCCCC(=O)OCCN(CCOC(=O)CCCCCCCCCCCCC)C(=O)CS(=O)(=O)CCN(C)C.CCCCCCCCCCCCCC(=O)OCCN(CCOC(=O)CCCCCCCCCCCCC)C(=O)CSCCN(C)C. The fourth-order valence-corrected chi connectivity index (χ4v) is 20.3.